The third-order valence-electron chi connectivity index (χ3n) is 3.34. The maximum absolute atomic E-state index is 12.1. The van der Waals surface area contributed by atoms with E-state index in [0.717, 1.165) is 11.1 Å². The molecular weight excluding hydrogens is 276 g/mol. The number of carbonyl (C=O) groups is 2. The van der Waals surface area contributed by atoms with E-state index < -0.39 is 6.04 Å². The number of aryl methyl sites for hydroxylation is 2. The number of hydrogen-bond donors (Lipinski definition) is 2. The molecule has 0 aliphatic carbocycles. The van der Waals surface area contributed by atoms with Gasteiger partial charge in [-0.25, -0.2) is 0 Å². The largest absolute Gasteiger partial charge is 0.341 e. The highest BCUT2D eigenvalue weighted by atomic mass is 16.2. The lowest BCUT2D eigenvalue weighted by atomic mass is 10.1. The maximum Gasteiger partial charge on any atom is 0.251 e. The average Bonchev–Trinajstić information content (AvgIpc) is 2.49. The highest BCUT2D eigenvalue weighted by Gasteiger charge is 2.16. The molecule has 2 rings (SSSR count). The molecule has 0 bridgehead atoms. The fourth-order valence-corrected chi connectivity index (χ4v) is 2.02. The van der Waals surface area contributed by atoms with Crippen LogP contribution in [0.2, 0.25) is 0 Å². The minimum atomic E-state index is -0.616. The summed E-state index contributed by atoms with van der Waals surface area (Å²) in [4.78, 5) is 24.2. The van der Waals surface area contributed by atoms with E-state index in [1.807, 2.05) is 50.2 Å². The van der Waals surface area contributed by atoms with Gasteiger partial charge in [0.1, 0.15) is 6.04 Å². The minimum Gasteiger partial charge on any atom is -0.341 e. The van der Waals surface area contributed by atoms with E-state index >= 15 is 0 Å². The number of nitrogens with one attached hydrogen (secondary N) is 2. The van der Waals surface area contributed by atoms with Gasteiger partial charge in [0.25, 0.3) is 5.91 Å². The van der Waals surface area contributed by atoms with Gasteiger partial charge in [0.05, 0.1) is 0 Å². The molecule has 2 aromatic carbocycles. The number of hydrogen-bond acceptors (Lipinski definition) is 2. The van der Waals surface area contributed by atoms with Gasteiger partial charge in [0.2, 0.25) is 5.91 Å². The number of amides is 2. The Kier molecular flexibility index (Phi) is 4.94. The van der Waals surface area contributed by atoms with Crippen molar-refractivity contribution < 1.29 is 9.59 Å². The zero-order valence-electron chi connectivity index (χ0n) is 13.0. The van der Waals surface area contributed by atoms with E-state index in [1.54, 1.807) is 19.1 Å². The fraction of sp³-hybridized carbons (Fsp3) is 0.222. The Morgan fingerprint density at radius 2 is 1.64 bits per heavy atom. The Labute approximate surface area is 130 Å². The van der Waals surface area contributed by atoms with Crippen LogP contribution in [0, 0.1) is 13.8 Å². The molecule has 0 saturated heterocycles. The standard InChI is InChI=1S/C18H20N2O2/c1-12-7-9-16(10-8-12)20-17(21)14(3)19-18(22)15-6-4-5-13(2)11-15/h4-11,14H,1-3H3,(H,19,22)(H,20,21). The van der Waals surface area contributed by atoms with Crippen molar-refractivity contribution in [3.05, 3.63) is 65.2 Å². The predicted molar refractivity (Wildman–Crippen MR) is 87.9 cm³/mol. The first-order chi connectivity index (χ1) is 10.5. The van der Waals surface area contributed by atoms with E-state index in [0.29, 0.717) is 11.3 Å². The number of rotatable bonds is 4. The summed E-state index contributed by atoms with van der Waals surface area (Å²) in [6, 6.07) is 14.2. The molecule has 2 amide bonds. The third-order valence-corrected chi connectivity index (χ3v) is 3.34. The average molecular weight is 296 g/mol. The second kappa shape index (κ2) is 6.89. The minimum absolute atomic E-state index is 0.246. The molecule has 0 radical (unpaired) electrons. The molecule has 22 heavy (non-hydrogen) atoms. The summed E-state index contributed by atoms with van der Waals surface area (Å²) in [6.07, 6.45) is 0. The molecule has 0 aromatic heterocycles. The van der Waals surface area contributed by atoms with Crippen LogP contribution in [-0.2, 0) is 4.79 Å². The van der Waals surface area contributed by atoms with Crippen LogP contribution in [0.5, 0.6) is 0 Å². The van der Waals surface area contributed by atoms with Crippen LogP contribution in [-0.4, -0.2) is 17.9 Å². The van der Waals surface area contributed by atoms with Gasteiger partial charge in [-0.3, -0.25) is 9.59 Å². The first-order valence-corrected chi connectivity index (χ1v) is 7.21. The monoisotopic (exact) mass is 296 g/mol. The van der Waals surface area contributed by atoms with Crippen molar-refractivity contribution in [3.8, 4) is 0 Å². The molecule has 1 atom stereocenters. The van der Waals surface area contributed by atoms with Gasteiger partial charge < -0.3 is 10.6 Å². The molecule has 2 N–H and O–H groups in total. The Bertz CT molecular complexity index is 678. The number of carbonyl (C=O) groups excluding carboxylic acids is 2. The second-order valence-electron chi connectivity index (χ2n) is 5.42. The SMILES string of the molecule is Cc1ccc(NC(=O)C(C)NC(=O)c2cccc(C)c2)cc1. The van der Waals surface area contributed by atoms with Gasteiger partial charge in [-0.15, -0.1) is 0 Å². The topological polar surface area (TPSA) is 58.2 Å². The van der Waals surface area contributed by atoms with Crippen LogP contribution in [0.1, 0.15) is 28.4 Å². The first-order valence-electron chi connectivity index (χ1n) is 7.21. The lowest BCUT2D eigenvalue weighted by Crippen LogP contribution is -2.41. The van der Waals surface area contributed by atoms with Gasteiger partial charge >= 0.3 is 0 Å². The van der Waals surface area contributed by atoms with Gasteiger partial charge in [-0.1, -0.05) is 35.4 Å². The summed E-state index contributed by atoms with van der Waals surface area (Å²) in [5, 5.41) is 5.49. The van der Waals surface area contributed by atoms with Crippen LogP contribution in [0.4, 0.5) is 5.69 Å². The molecule has 0 aliphatic rings. The van der Waals surface area contributed by atoms with Crippen LogP contribution < -0.4 is 10.6 Å². The molecular formula is C18H20N2O2. The Balaban J connectivity index is 1.96. The molecule has 1 unspecified atom stereocenters. The third kappa shape index (κ3) is 4.19. The fourth-order valence-electron chi connectivity index (χ4n) is 2.02. The molecule has 0 heterocycles. The lowest BCUT2D eigenvalue weighted by Gasteiger charge is -2.14. The van der Waals surface area contributed by atoms with Gasteiger partial charge in [-0.05, 0) is 45.0 Å². The van der Waals surface area contributed by atoms with Gasteiger partial charge in [-0.2, -0.15) is 0 Å². The molecule has 0 saturated carbocycles. The molecule has 2 aromatic rings. The van der Waals surface area contributed by atoms with Crippen molar-refractivity contribution in [2.24, 2.45) is 0 Å². The summed E-state index contributed by atoms with van der Waals surface area (Å²) in [6.45, 7) is 5.57. The Morgan fingerprint density at radius 1 is 0.955 bits per heavy atom. The second-order valence-corrected chi connectivity index (χ2v) is 5.42. The zero-order chi connectivity index (χ0) is 16.1. The molecule has 0 fully saturated rings. The maximum atomic E-state index is 12.1. The molecule has 4 heteroatoms. The number of anilines is 1. The summed E-state index contributed by atoms with van der Waals surface area (Å²) < 4.78 is 0. The van der Waals surface area contributed by atoms with Crippen LogP contribution >= 0.6 is 0 Å². The summed E-state index contributed by atoms with van der Waals surface area (Å²) >= 11 is 0. The van der Waals surface area contributed by atoms with Crippen molar-refractivity contribution in [1.82, 2.24) is 5.32 Å². The van der Waals surface area contributed by atoms with E-state index in [-0.39, 0.29) is 11.8 Å². The van der Waals surface area contributed by atoms with Crippen LogP contribution in [0.25, 0.3) is 0 Å². The summed E-state index contributed by atoms with van der Waals surface area (Å²) in [5.41, 5.74) is 3.39. The van der Waals surface area contributed by atoms with Gasteiger partial charge in [0, 0.05) is 11.3 Å². The lowest BCUT2D eigenvalue weighted by molar-refractivity contribution is -0.117. The van der Waals surface area contributed by atoms with E-state index in [1.165, 1.54) is 0 Å². The predicted octanol–water partition coefficient (Wildman–Crippen LogP) is 3.06. The van der Waals surface area contributed by atoms with Gasteiger partial charge in [0.15, 0.2) is 0 Å². The van der Waals surface area contributed by atoms with Crippen molar-refractivity contribution in [1.29, 1.82) is 0 Å². The summed E-state index contributed by atoms with van der Waals surface area (Å²) in [7, 11) is 0. The van der Waals surface area contributed by atoms with Crippen LogP contribution in [0.3, 0.4) is 0 Å². The number of benzene rings is 2. The van der Waals surface area contributed by atoms with Crippen molar-refractivity contribution in [3.63, 3.8) is 0 Å². The quantitative estimate of drug-likeness (QED) is 0.911. The normalized spacial score (nSPS) is 11.6. The Hall–Kier alpha value is -2.62. The first kappa shape index (κ1) is 15.8. The van der Waals surface area contributed by atoms with Crippen molar-refractivity contribution >= 4 is 17.5 Å². The van der Waals surface area contributed by atoms with Crippen molar-refractivity contribution in [2.75, 3.05) is 5.32 Å². The molecule has 0 aliphatic heterocycles. The van der Waals surface area contributed by atoms with Crippen LogP contribution in [0.15, 0.2) is 48.5 Å². The summed E-state index contributed by atoms with van der Waals surface area (Å²) in [5.74, 6) is -0.500. The zero-order valence-corrected chi connectivity index (χ0v) is 13.0. The molecule has 4 nitrogen and oxygen atoms in total. The highest BCUT2D eigenvalue weighted by Crippen LogP contribution is 2.09. The molecule has 114 valence electrons. The van der Waals surface area contributed by atoms with E-state index in [4.69, 9.17) is 0 Å². The highest BCUT2D eigenvalue weighted by molar-refractivity contribution is 6.01. The Morgan fingerprint density at radius 3 is 2.27 bits per heavy atom. The smallest absolute Gasteiger partial charge is 0.251 e. The van der Waals surface area contributed by atoms with Crippen molar-refractivity contribution in [2.45, 2.75) is 26.8 Å². The van der Waals surface area contributed by atoms with E-state index in [9.17, 15) is 9.59 Å². The van der Waals surface area contributed by atoms with E-state index in [2.05, 4.69) is 10.6 Å². The molecule has 0 spiro atoms.